The quantitative estimate of drug-likeness (QED) is 0.867. The molecule has 0 bridgehead atoms. The van der Waals surface area contributed by atoms with E-state index < -0.39 is 0 Å². The molecule has 2 atom stereocenters. The van der Waals surface area contributed by atoms with Crippen molar-refractivity contribution >= 4 is 5.91 Å². The molecule has 1 aliphatic carbocycles. The summed E-state index contributed by atoms with van der Waals surface area (Å²) in [5, 5.41) is 9.78. The first-order valence-electron chi connectivity index (χ1n) is 9.97. The fraction of sp³-hybridized carbons (Fsp3) is 0.667. The lowest BCUT2D eigenvalue weighted by Gasteiger charge is -2.41. The van der Waals surface area contributed by atoms with Gasteiger partial charge in [-0.3, -0.25) is 9.69 Å². The van der Waals surface area contributed by atoms with Gasteiger partial charge in [0.15, 0.2) is 0 Å². The molecule has 5 heteroatoms. The molecule has 1 aromatic carbocycles. The minimum Gasteiger partial charge on any atom is -0.396 e. The number of aliphatic hydroxyl groups excluding tert-OH is 1. The number of likely N-dealkylation sites (tertiary alicyclic amines) is 1. The van der Waals surface area contributed by atoms with Gasteiger partial charge in [0.2, 0.25) is 5.91 Å². The van der Waals surface area contributed by atoms with Crippen LogP contribution in [0, 0.1) is 11.8 Å². The molecule has 1 aromatic rings. The molecule has 4 rings (SSSR count). The third kappa shape index (κ3) is 3.66. The van der Waals surface area contributed by atoms with E-state index in [9.17, 15) is 9.90 Å². The third-order valence-corrected chi connectivity index (χ3v) is 6.28. The first-order valence-corrected chi connectivity index (χ1v) is 9.97. The molecule has 1 saturated carbocycles. The average molecular weight is 358 g/mol. The molecular formula is C21H30N2O3. The van der Waals surface area contributed by atoms with Crippen molar-refractivity contribution in [2.75, 3.05) is 52.5 Å². The van der Waals surface area contributed by atoms with Gasteiger partial charge in [0.05, 0.1) is 18.6 Å². The van der Waals surface area contributed by atoms with Crippen molar-refractivity contribution in [2.24, 2.45) is 11.8 Å². The fourth-order valence-corrected chi connectivity index (χ4v) is 4.71. The Bertz CT molecular complexity index is 611. The van der Waals surface area contributed by atoms with Crippen LogP contribution in [0.3, 0.4) is 0 Å². The lowest BCUT2D eigenvalue weighted by Crippen LogP contribution is -2.51. The summed E-state index contributed by atoms with van der Waals surface area (Å²) in [5.41, 5.74) is 0.850. The van der Waals surface area contributed by atoms with Crippen LogP contribution in [-0.2, 0) is 14.9 Å². The zero-order valence-electron chi connectivity index (χ0n) is 15.5. The first-order chi connectivity index (χ1) is 12.7. The number of piperidine rings is 1. The predicted molar refractivity (Wildman–Crippen MR) is 99.9 cm³/mol. The van der Waals surface area contributed by atoms with Gasteiger partial charge in [-0.15, -0.1) is 0 Å². The Balaban J connectivity index is 1.45. The van der Waals surface area contributed by atoms with Crippen LogP contribution in [0.4, 0.5) is 0 Å². The van der Waals surface area contributed by atoms with Crippen LogP contribution in [0.25, 0.3) is 0 Å². The van der Waals surface area contributed by atoms with Crippen LogP contribution < -0.4 is 0 Å². The first kappa shape index (κ1) is 18.0. The highest BCUT2D eigenvalue weighted by atomic mass is 16.5. The SMILES string of the molecule is O=C(N1C[C@H](CO)C[C@@H](CN2CCOCC2)C1)C1(c2ccccc2)CC1. The van der Waals surface area contributed by atoms with E-state index in [0.717, 1.165) is 64.2 Å². The number of amides is 1. The lowest BCUT2D eigenvalue weighted by atomic mass is 9.86. The van der Waals surface area contributed by atoms with Crippen molar-refractivity contribution < 1.29 is 14.6 Å². The average Bonchev–Trinajstić information content (AvgIpc) is 3.50. The number of hydrogen-bond acceptors (Lipinski definition) is 4. The predicted octanol–water partition coefficient (Wildman–Crippen LogP) is 1.51. The van der Waals surface area contributed by atoms with E-state index in [4.69, 9.17) is 4.74 Å². The minimum absolute atomic E-state index is 0.168. The monoisotopic (exact) mass is 358 g/mol. The Hall–Kier alpha value is -1.43. The molecule has 2 saturated heterocycles. The van der Waals surface area contributed by atoms with Crippen LogP contribution >= 0.6 is 0 Å². The summed E-state index contributed by atoms with van der Waals surface area (Å²) in [5.74, 6) is 0.911. The Morgan fingerprint density at radius 1 is 1.12 bits per heavy atom. The number of carbonyl (C=O) groups excluding carboxylic acids is 1. The minimum atomic E-state index is -0.303. The lowest BCUT2D eigenvalue weighted by molar-refractivity contribution is -0.137. The molecule has 5 nitrogen and oxygen atoms in total. The number of ether oxygens (including phenoxy) is 1. The summed E-state index contributed by atoms with van der Waals surface area (Å²) >= 11 is 0. The second kappa shape index (κ2) is 7.67. The Morgan fingerprint density at radius 2 is 1.81 bits per heavy atom. The topological polar surface area (TPSA) is 53.0 Å². The number of aliphatic hydroxyl groups is 1. The van der Waals surface area contributed by atoms with Gasteiger partial charge < -0.3 is 14.7 Å². The van der Waals surface area contributed by atoms with Crippen molar-refractivity contribution in [3.05, 3.63) is 35.9 Å². The molecule has 0 aromatic heterocycles. The van der Waals surface area contributed by atoms with E-state index >= 15 is 0 Å². The largest absolute Gasteiger partial charge is 0.396 e. The maximum absolute atomic E-state index is 13.4. The van der Waals surface area contributed by atoms with Crippen molar-refractivity contribution in [1.29, 1.82) is 0 Å². The second-order valence-electron chi connectivity index (χ2n) is 8.22. The van der Waals surface area contributed by atoms with Crippen molar-refractivity contribution in [3.63, 3.8) is 0 Å². The normalized spacial score (nSPS) is 28.7. The van der Waals surface area contributed by atoms with Crippen molar-refractivity contribution in [1.82, 2.24) is 9.80 Å². The number of carbonyl (C=O) groups is 1. The number of rotatable bonds is 5. The molecule has 1 amide bonds. The van der Waals surface area contributed by atoms with E-state index in [1.165, 1.54) is 0 Å². The zero-order valence-corrected chi connectivity index (χ0v) is 15.5. The van der Waals surface area contributed by atoms with Gasteiger partial charge in [-0.1, -0.05) is 30.3 Å². The van der Waals surface area contributed by atoms with Gasteiger partial charge in [-0.25, -0.2) is 0 Å². The fourth-order valence-electron chi connectivity index (χ4n) is 4.71. The van der Waals surface area contributed by atoms with Crippen LogP contribution in [-0.4, -0.2) is 73.4 Å². The number of nitrogens with zero attached hydrogens (tertiary/aromatic N) is 2. The molecule has 26 heavy (non-hydrogen) atoms. The zero-order chi connectivity index (χ0) is 18.0. The van der Waals surface area contributed by atoms with Crippen molar-refractivity contribution in [2.45, 2.75) is 24.7 Å². The van der Waals surface area contributed by atoms with E-state index in [1.54, 1.807) is 0 Å². The van der Waals surface area contributed by atoms with Gasteiger partial charge in [0.25, 0.3) is 0 Å². The number of hydrogen-bond donors (Lipinski definition) is 1. The molecule has 0 radical (unpaired) electrons. The Labute approximate surface area is 155 Å². The van der Waals surface area contributed by atoms with Crippen LogP contribution in [0.5, 0.6) is 0 Å². The van der Waals surface area contributed by atoms with Gasteiger partial charge >= 0.3 is 0 Å². The maximum Gasteiger partial charge on any atom is 0.233 e. The molecule has 1 N–H and O–H groups in total. The standard InChI is InChI=1S/C21H30N2O3/c24-16-18-12-17(13-22-8-10-26-11-9-22)14-23(15-18)20(25)21(6-7-21)19-4-2-1-3-5-19/h1-5,17-18,24H,6-16H2/t17-,18+/m0/s1. The van der Waals surface area contributed by atoms with Crippen LogP contribution in [0.1, 0.15) is 24.8 Å². The highest BCUT2D eigenvalue weighted by molar-refractivity contribution is 5.91. The summed E-state index contributed by atoms with van der Waals surface area (Å²) < 4.78 is 5.45. The smallest absolute Gasteiger partial charge is 0.233 e. The van der Waals surface area contributed by atoms with E-state index in [0.29, 0.717) is 12.5 Å². The second-order valence-corrected chi connectivity index (χ2v) is 8.22. The maximum atomic E-state index is 13.4. The Morgan fingerprint density at radius 3 is 2.46 bits per heavy atom. The number of morpholine rings is 1. The van der Waals surface area contributed by atoms with E-state index in [-0.39, 0.29) is 23.8 Å². The molecule has 3 aliphatic rings. The third-order valence-electron chi connectivity index (χ3n) is 6.28. The molecule has 0 spiro atoms. The van der Waals surface area contributed by atoms with Gasteiger partial charge in [0.1, 0.15) is 0 Å². The summed E-state index contributed by atoms with van der Waals surface area (Å²) in [7, 11) is 0. The van der Waals surface area contributed by atoms with Crippen LogP contribution in [0.15, 0.2) is 30.3 Å². The molecule has 142 valence electrons. The molecule has 3 fully saturated rings. The van der Waals surface area contributed by atoms with Gasteiger partial charge in [0, 0.05) is 39.3 Å². The Kier molecular flexibility index (Phi) is 5.30. The highest BCUT2D eigenvalue weighted by Crippen LogP contribution is 2.50. The molecule has 0 unspecified atom stereocenters. The highest BCUT2D eigenvalue weighted by Gasteiger charge is 2.53. The number of benzene rings is 1. The summed E-state index contributed by atoms with van der Waals surface area (Å²) in [6.07, 6.45) is 2.91. The van der Waals surface area contributed by atoms with Gasteiger partial charge in [-0.05, 0) is 36.7 Å². The van der Waals surface area contributed by atoms with E-state index in [2.05, 4.69) is 21.9 Å². The molecule has 2 aliphatic heterocycles. The summed E-state index contributed by atoms with van der Waals surface area (Å²) in [4.78, 5) is 17.9. The summed E-state index contributed by atoms with van der Waals surface area (Å²) in [6.45, 7) is 6.24. The molecular weight excluding hydrogens is 328 g/mol. The molecule has 2 heterocycles. The summed E-state index contributed by atoms with van der Waals surface area (Å²) in [6, 6.07) is 10.2. The van der Waals surface area contributed by atoms with Gasteiger partial charge in [-0.2, -0.15) is 0 Å². The van der Waals surface area contributed by atoms with E-state index in [1.807, 2.05) is 18.2 Å². The van der Waals surface area contributed by atoms with Crippen molar-refractivity contribution in [3.8, 4) is 0 Å². The van der Waals surface area contributed by atoms with Crippen LogP contribution in [0.2, 0.25) is 0 Å².